The summed E-state index contributed by atoms with van der Waals surface area (Å²) in [5.41, 5.74) is 7.83. The van der Waals surface area contributed by atoms with Crippen LogP contribution in [0.1, 0.15) is 44.2 Å². The Balaban J connectivity index is 1.89. The van der Waals surface area contributed by atoms with Crippen molar-refractivity contribution >= 4 is 15.9 Å². The molecule has 2 aliphatic rings. The molecule has 19 heavy (non-hydrogen) atoms. The Hall–Kier alpha value is -0.380. The normalized spacial score (nSPS) is 29.6. The van der Waals surface area contributed by atoms with Gasteiger partial charge in [0.1, 0.15) is 0 Å². The second-order valence-corrected chi connectivity index (χ2v) is 7.02. The molecule has 4 atom stereocenters. The number of benzene rings is 1. The smallest absolute Gasteiger partial charge is 0.0502 e. The van der Waals surface area contributed by atoms with Crippen LogP contribution < -0.4 is 5.73 Å². The lowest BCUT2D eigenvalue weighted by Gasteiger charge is -2.38. The molecule has 2 nitrogen and oxygen atoms in total. The molecule has 2 fully saturated rings. The van der Waals surface area contributed by atoms with Gasteiger partial charge in [-0.05, 0) is 49.3 Å². The van der Waals surface area contributed by atoms with Crippen molar-refractivity contribution in [2.45, 2.75) is 50.7 Å². The molecule has 4 unspecified atom stereocenters. The van der Waals surface area contributed by atoms with Crippen molar-refractivity contribution in [3.8, 4) is 0 Å². The van der Waals surface area contributed by atoms with E-state index in [2.05, 4.69) is 52.0 Å². The number of halogens is 1. The van der Waals surface area contributed by atoms with Gasteiger partial charge < -0.3 is 5.73 Å². The predicted molar refractivity (Wildman–Crippen MR) is 83.0 cm³/mol. The molecule has 0 amide bonds. The molecule has 1 aliphatic carbocycles. The molecule has 0 aromatic heterocycles. The number of fused-ring (bicyclic) bond motifs is 2. The zero-order valence-electron chi connectivity index (χ0n) is 11.6. The molecular formula is C16H23BrN2. The summed E-state index contributed by atoms with van der Waals surface area (Å²) in [4.78, 5) is 2.68. The highest BCUT2D eigenvalue weighted by Crippen LogP contribution is 2.43. The Kier molecular flexibility index (Phi) is 3.97. The van der Waals surface area contributed by atoms with Crippen LogP contribution in [0.3, 0.4) is 0 Å². The van der Waals surface area contributed by atoms with E-state index in [9.17, 15) is 0 Å². The summed E-state index contributed by atoms with van der Waals surface area (Å²) in [6, 6.07) is 10.1. The van der Waals surface area contributed by atoms with Gasteiger partial charge in [0, 0.05) is 23.1 Å². The summed E-state index contributed by atoms with van der Waals surface area (Å²) in [5, 5.41) is 0. The number of piperidine rings is 1. The van der Waals surface area contributed by atoms with Crippen LogP contribution in [0.15, 0.2) is 28.7 Å². The molecule has 1 heterocycles. The van der Waals surface area contributed by atoms with Gasteiger partial charge in [-0.25, -0.2) is 0 Å². The van der Waals surface area contributed by atoms with Crippen molar-refractivity contribution in [2.24, 2.45) is 11.7 Å². The number of hydrogen-bond acceptors (Lipinski definition) is 2. The van der Waals surface area contributed by atoms with E-state index in [1.807, 2.05) is 0 Å². The van der Waals surface area contributed by atoms with E-state index < -0.39 is 0 Å². The SMILES string of the molecule is CCC(N)C(c1cccc(Br)c1)N1CC2CCC1C2. The third kappa shape index (κ3) is 2.61. The Morgan fingerprint density at radius 1 is 1.42 bits per heavy atom. The van der Waals surface area contributed by atoms with Crippen LogP contribution >= 0.6 is 15.9 Å². The molecule has 104 valence electrons. The highest BCUT2D eigenvalue weighted by atomic mass is 79.9. The van der Waals surface area contributed by atoms with Crippen LogP contribution in [-0.2, 0) is 0 Å². The summed E-state index contributed by atoms with van der Waals surface area (Å²) in [5.74, 6) is 0.920. The van der Waals surface area contributed by atoms with Gasteiger partial charge in [0.2, 0.25) is 0 Å². The maximum absolute atomic E-state index is 6.45. The lowest BCUT2D eigenvalue weighted by atomic mass is 9.94. The van der Waals surface area contributed by atoms with E-state index in [-0.39, 0.29) is 6.04 Å². The fraction of sp³-hybridized carbons (Fsp3) is 0.625. The minimum Gasteiger partial charge on any atom is -0.326 e. The lowest BCUT2D eigenvalue weighted by molar-refractivity contribution is 0.127. The van der Waals surface area contributed by atoms with Crippen LogP contribution in [0.2, 0.25) is 0 Å². The third-order valence-corrected chi connectivity index (χ3v) is 5.37. The van der Waals surface area contributed by atoms with Crippen molar-refractivity contribution in [3.63, 3.8) is 0 Å². The van der Waals surface area contributed by atoms with Crippen molar-refractivity contribution in [2.75, 3.05) is 6.54 Å². The fourth-order valence-corrected chi connectivity index (χ4v) is 4.32. The van der Waals surface area contributed by atoms with Crippen LogP contribution in [0.25, 0.3) is 0 Å². The zero-order chi connectivity index (χ0) is 13.4. The van der Waals surface area contributed by atoms with Crippen LogP contribution in [-0.4, -0.2) is 23.5 Å². The molecule has 0 radical (unpaired) electrons. The largest absolute Gasteiger partial charge is 0.326 e. The van der Waals surface area contributed by atoms with E-state index in [0.29, 0.717) is 6.04 Å². The summed E-state index contributed by atoms with van der Waals surface area (Å²) in [6.07, 6.45) is 5.21. The molecule has 3 rings (SSSR count). The van der Waals surface area contributed by atoms with Gasteiger partial charge >= 0.3 is 0 Å². The number of nitrogens with two attached hydrogens (primary N) is 1. The van der Waals surface area contributed by atoms with Gasteiger partial charge in [0.25, 0.3) is 0 Å². The van der Waals surface area contributed by atoms with E-state index in [4.69, 9.17) is 5.73 Å². The monoisotopic (exact) mass is 322 g/mol. The standard InChI is InChI=1S/C16H23BrN2/c1-2-15(18)16(12-4-3-5-13(17)9-12)19-10-11-6-7-14(19)8-11/h3-5,9,11,14-16H,2,6-8,10,18H2,1H3. The topological polar surface area (TPSA) is 29.3 Å². The van der Waals surface area contributed by atoms with Crippen LogP contribution in [0.4, 0.5) is 0 Å². The minimum atomic E-state index is 0.230. The van der Waals surface area contributed by atoms with Crippen molar-refractivity contribution in [1.29, 1.82) is 0 Å². The fourth-order valence-electron chi connectivity index (χ4n) is 3.90. The molecule has 1 aromatic rings. The van der Waals surface area contributed by atoms with Crippen LogP contribution in [0.5, 0.6) is 0 Å². The van der Waals surface area contributed by atoms with Gasteiger partial charge in [-0.15, -0.1) is 0 Å². The Morgan fingerprint density at radius 3 is 2.84 bits per heavy atom. The quantitative estimate of drug-likeness (QED) is 0.915. The average molecular weight is 323 g/mol. The first-order valence-corrected chi connectivity index (χ1v) is 8.25. The zero-order valence-corrected chi connectivity index (χ0v) is 13.1. The lowest BCUT2D eigenvalue weighted by Crippen LogP contribution is -2.44. The van der Waals surface area contributed by atoms with E-state index in [1.165, 1.54) is 31.4 Å². The first kappa shape index (κ1) is 13.6. The molecule has 3 heteroatoms. The summed E-state index contributed by atoms with van der Waals surface area (Å²) in [7, 11) is 0. The Morgan fingerprint density at radius 2 is 2.26 bits per heavy atom. The molecule has 1 saturated carbocycles. The average Bonchev–Trinajstić information content (AvgIpc) is 3.01. The molecule has 2 bridgehead atoms. The summed E-state index contributed by atoms with van der Waals surface area (Å²) < 4.78 is 1.16. The Labute approximate surface area is 124 Å². The highest BCUT2D eigenvalue weighted by Gasteiger charge is 2.42. The van der Waals surface area contributed by atoms with Crippen LogP contribution in [0, 0.1) is 5.92 Å². The number of rotatable bonds is 4. The van der Waals surface area contributed by atoms with Crippen molar-refractivity contribution in [3.05, 3.63) is 34.3 Å². The van der Waals surface area contributed by atoms with Crippen molar-refractivity contribution < 1.29 is 0 Å². The minimum absolute atomic E-state index is 0.230. The van der Waals surface area contributed by atoms with Gasteiger partial charge in [0.15, 0.2) is 0 Å². The van der Waals surface area contributed by atoms with Crippen molar-refractivity contribution in [1.82, 2.24) is 4.90 Å². The second kappa shape index (κ2) is 5.55. The Bertz CT molecular complexity index is 448. The number of nitrogens with zero attached hydrogens (tertiary/aromatic N) is 1. The van der Waals surface area contributed by atoms with Gasteiger partial charge in [-0.1, -0.05) is 35.0 Å². The molecule has 1 aromatic carbocycles. The van der Waals surface area contributed by atoms with E-state index >= 15 is 0 Å². The number of hydrogen-bond donors (Lipinski definition) is 1. The molecule has 0 spiro atoms. The first-order valence-electron chi connectivity index (χ1n) is 7.45. The number of likely N-dealkylation sites (tertiary alicyclic amines) is 1. The van der Waals surface area contributed by atoms with Gasteiger partial charge in [-0.2, -0.15) is 0 Å². The maximum Gasteiger partial charge on any atom is 0.0502 e. The highest BCUT2D eigenvalue weighted by molar-refractivity contribution is 9.10. The van der Waals surface area contributed by atoms with E-state index in [1.54, 1.807) is 0 Å². The molecule has 2 N–H and O–H groups in total. The molecule has 1 saturated heterocycles. The predicted octanol–water partition coefficient (Wildman–Crippen LogP) is 3.71. The van der Waals surface area contributed by atoms with E-state index in [0.717, 1.165) is 22.9 Å². The molecule has 1 aliphatic heterocycles. The maximum atomic E-state index is 6.45. The molecular weight excluding hydrogens is 300 g/mol. The van der Waals surface area contributed by atoms with Gasteiger partial charge in [-0.3, -0.25) is 4.90 Å². The third-order valence-electron chi connectivity index (χ3n) is 4.88. The summed E-state index contributed by atoms with van der Waals surface area (Å²) >= 11 is 3.59. The first-order chi connectivity index (χ1) is 9.19. The summed E-state index contributed by atoms with van der Waals surface area (Å²) in [6.45, 7) is 3.44. The second-order valence-electron chi connectivity index (χ2n) is 6.10. The van der Waals surface area contributed by atoms with Gasteiger partial charge in [0.05, 0.1) is 6.04 Å².